The van der Waals surface area contributed by atoms with Crippen molar-refractivity contribution in [2.45, 2.75) is 52.1 Å². The molecule has 0 spiro atoms. The van der Waals surface area contributed by atoms with Gasteiger partial charge in [-0.05, 0) is 69.4 Å². The number of carbonyl (C=O) groups excluding carboxylic acids is 3. The summed E-state index contributed by atoms with van der Waals surface area (Å²) >= 11 is 0. The lowest BCUT2D eigenvalue weighted by Crippen LogP contribution is -2.44. The summed E-state index contributed by atoms with van der Waals surface area (Å²) in [5.41, 5.74) is 3.24. The Hall–Kier alpha value is -3.74. The number of nitrogens with zero attached hydrogens (tertiary/aromatic N) is 2. The molecule has 0 unspecified atom stereocenters. The van der Waals surface area contributed by atoms with Crippen LogP contribution >= 0.6 is 0 Å². The Morgan fingerprint density at radius 3 is 2.31 bits per heavy atom. The Morgan fingerprint density at radius 2 is 1.63 bits per heavy atom. The van der Waals surface area contributed by atoms with E-state index in [1.807, 2.05) is 48.7 Å². The van der Waals surface area contributed by atoms with Crippen LogP contribution in [-0.4, -0.2) is 39.3 Å². The number of ketones is 1. The molecule has 1 saturated heterocycles. The number of hydrogen-bond donors (Lipinski definition) is 1. The van der Waals surface area contributed by atoms with Crippen molar-refractivity contribution in [3.05, 3.63) is 94.6 Å². The summed E-state index contributed by atoms with van der Waals surface area (Å²) in [6, 6.07) is 17.4. The van der Waals surface area contributed by atoms with E-state index in [1.54, 1.807) is 25.1 Å². The highest BCUT2D eigenvalue weighted by molar-refractivity contribution is 6.11. The van der Waals surface area contributed by atoms with Gasteiger partial charge < -0.3 is 9.88 Å². The van der Waals surface area contributed by atoms with Gasteiger partial charge in [-0.2, -0.15) is 0 Å². The van der Waals surface area contributed by atoms with Crippen LogP contribution in [0.5, 0.6) is 0 Å². The molecule has 3 amide bonds. The maximum atomic E-state index is 13.2. The molecule has 1 fully saturated rings. The molecule has 6 nitrogen and oxygen atoms in total. The van der Waals surface area contributed by atoms with E-state index in [9.17, 15) is 18.8 Å². The van der Waals surface area contributed by atoms with Crippen molar-refractivity contribution in [3.63, 3.8) is 0 Å². The Morgan fingerprint density at radius 1 is 0.971 bits per heavy atom. The van der Waals surface area contributed by atoms with Crippen LogP contribution in [-0.2, 0) is 24.2 Å². The zero-order valence-corrected chi connectivity index (χ0v) is 20.3. The van der Waals surface area contributed by atoms with Gasteiger partial charge in [-0.15, -0.1) is 0 Å². The van der Waals surface area contributed by atoms with Crippen molar-refractivity contribution in [2.75, 3.05) is 6.54 Å². The predicted octanol–water partition coefficient (Wildman–Crippen LogP) is 4.61. The molecule has 4 rings (SSSR count). The van der Waals surface area contributed by atoms with Gasteiger partial charge in [0.05, 0.1) is 6.54 Å². The van der Waals surface area contributed by atoms with Crippen molar-refractivity contribution >= 4 is 17.7 Å². The van der Waals surface area contributed by atoms with E-state index in [0.29, 0.717) is 31.4 Å². The molecule has 182 valence electrons. The normalized spacial score (nSPS) is 17.7. The number of aryl methyl sites for hydroxylation is 3. The number of Topliss-reactive ketones (excluding diaryl/α,β-unsaturated/α-hetero) is 1. The van der Waals surface area contributed by atoms with Crippen LogP contribution in [0, 0.1) is 19.7 Å². The van der Waals surface area contributed by atoms with Gasteiger partial charge in [0, 0.05) is 23.5 Å². The summed E-state index contributed by atoms with van der Waals surface area (Å²) < 4.78 is 15.2. The summed E-state index contributed by atoms with van der Waals surface area (Å²) in [4.78, 5) is 39.9. The van der Waals surface area contributed by atoms with E-state index >= 15 is 0 Å². The Kier molecular flexibility index (Phi) is 6.87. The molecule has 3 aromatic rings. The first kappa shape index (κ1) is 24.4. The fourth-order valence-electron chi connectivity index (χ4n) is 4.65. The highest BCUT2D eigenvalue weighted by Crippen LogP contribution is 2.25. The third-order valence-electron chi connectivity index (χ3n) is 6.81. The molecule has 2 heterocycles. The molecule has 0 radical (unpaired) electrons. The summed E-state index contributed by atoms with van der Waals surface area (Å²) in [5.74, 6) is -0.926. The van der Waals surface area contributed by atoms with E-state index in [2.05, 4.69) is 5.32 Å². The van der Waals surface area contributed by atoms with E-state index in [-0.39, 0.29) is 24.1 Å². The largest absolute Gasteiger partial charge is 0.348 e. The number of benzene rings is 2. The second-order valence-electron chi connectivity index (χ2n) is 9.38. The van der Waals surface area contributed by atoms with Crippen molar-refractivity contribution < 1.29 is 18.8 Å². The van der Waals surface area contributed by atoms with E-state index in [1.165, 1.54) is 12.1 Å². The molecule has 0 saturated carbocycles. The number of imide groups is 1. The fraction of sp³-hybridized carbons (Fsp3) is 0.321. The molecule has 7 heteroatoms. The summed E-state index contributed by atoms with van der Waals surface area (Å²) in [6.07, 6.45) is 1.78. The van der Waals surface area contributed by atoms with Crippen molar-refractivity contribution in [1.82, 2.24) is 14.8 Å². The minimum atomic E-state index is -1.04. The SMILES string of the molecule is Cc1cc(C(=O)CN2C(=O)N[C@](C)(CCc3ccccc3)C2=O)c(C)n1CCc1ccc(F)cc1. The predicted molar refractivity (Wildman–Crippen MR) is 132 cm³/mol. The quantitative estimate of drug-likeness (QED) is 0.363. The Balaban J connectivity index is 1.42. The number of nitrogens with one attached hydrogen (secondary N) is 1. The number of aromatic nitrogens is 1. The monoisotopic (exact) mass is 475 g/mol. The molecule has 2 aromatic carbocycles. The number of amides is 3. The third kappa shape index (κ3) is 5.19. The van der Waals surface area contributed by atoms with Gasteiger partial charge in [0.15, 0.2) is 5.78 Å². The first-order valence-electron chi connectivity index (χ1n) is 11.8. The van der Waals surface area contributed by atoms with E-state index in [0.717, 1.165) is 27.4 Å². The maximum Gasteiger partial charge on any atom is 0.325 e. The van der Waals surface area contributed by atoms with Crippen molar-refractivity contribution in [2.24, 2.45) is 0 Å². The Bertz CT molecular complexity index is 1250. The molecule has 35 heavy (non-hydrogen) atoms. The highest BCUT2D eigenvalue weighted by atomic mass is 19.1. The second-order valence-corrected chi connectivity index (χ2v) is 9.38. The standard InChI is InChI=1S/C28H30FN3O3/c1-19-17-24(20(2)31(19)16-14-22-9-11-23(29)12-10-22)25(33)18-32-26(34)28(3,30-27(32)35)15-13-21-7-5-4-6-8-21/h4-12,17H,13-16,18H2,1-3H3,(H,30,35)/t28-/m1/s1. The first-order valence-corrected chi connectivity index (χ1v) is 11.8. The van der Waals surface area contributed by atoms with Crippen LogP contribution in [0.1, 0.15) is 46.2 Å². The summed E-state index contributed by atoms with van der Waals surface area (Å²) in [6.45, 7) is 5.83. The van der Waals surface area contributed by atoms with Crippen LogP contribution in [0.15, 0.2) is 60.7 Å². The lowest BCUT2D eigenvalue weighted by atomic mass is 9.93. The maximum absolute atomic E-state index is 13.2. The topological polar surface area (TPSA) is 71.4 Å². The molecule has 1 atom stereocenters. The van der Waals surface area contributed by atoms with Crippen LogP contribution in [0.2, 0.25) is 0 Å². The Labute approximate surface area is 204 Å². The zero-order valence-electron chi connectivity index (χ0n) is 20.3. The van der Waals surface area contributed by atoms with E-state index < -0.39 is 11.6 Å². The van der Waals surface area contributed by atoms with Gasteiger partial charge in [0.1, 0.15) is 11.4 Å². The highest BCUT2D eigenvalue weighted by Gasteiger charge is 2.48. The summed E-state index contributed by atoms with van der Waals surface area (Å²) in [7, 11) is 0. The van der Waals surface area contributed by atoms with Gasteiger partial charge >= 0.3 is 6.03 Å². The number of hydrogen-bond acceptors (Lipinski definition) is 3. The minimum absolute atomic E-state index is 0.272. The summed E-state index contributed by atoms with van der Waals surface area (Å²) in [5, 5.41) is 2.78. The first-order chi connectivity index (χ1) is 16.7. The second kappa shape index (κ2) is 9.86. The lowest BCUT2D eigenvalue weighted by Gasteiger charge is -2.21. The van der Waals surface area contributed by atoms with Gasteiger partial charge in [0.2, 0.25) is 0 Å². The van der Waals surface area contributed by atoms with Gasteiger partial charge in [0.25, 0.3) is 5.91 Å². The molecule has 0 aliphatic carbocycles. The van der Waals surface area contributed by atoms with Gasteiger partial charge in [-0.3, -0.25) is 14.5 Å². The fourth-order valence-corrected chi connectivity index (χ4v) is 4.65. The molecule has 0 bridgehead atoms. The molecule has 1 aliphatic rings. The van der Waals surface area contributed by atoms with Crippen LogP contribution < -0.4 is 5.32 Å². The average molecular weight is 476 g/mol. The number of urea groups is 1. The van der Waals surface area contributed by atoms with Crippen LogP contribution in [0.3, 0.4) is 0 Å². The van der Waals surface area contributed by atoms with Gasteiger partial charge in [-0.1, -0.05) is 42.5 Å². The smallest absolute Gasteiger partial charge is 0.325 e. The zero-order chi connectivity index (χ0) is 25.2. The number of halogens is 1. The van der Waals surface area contributed by atoms with Crippen molar-refractivity contribution in [3.8, 4) is 0 Å². The van der Waals surface area contributed by atoms with E-state index in [4.69, 9.17) is 0 Å². The van der Waals surface area contributed by atoms with Crippen molar-refractivity contribution in [1.29, 1.82) is 0 Å². The minimum Gasteiger partial charge on any atom is -0.348 e. The third-order valence-corrected chi connectivity index (χ3v) is 6.81. The van der Waals surface area contributed by atoms with Crippen LogP contribution in [0.4, 0.5) is 9.18 Å². The molecule has 1 aliphatic heterocycles. The lowest BCUT2D eigenvalue weighted by molar-refractivity contribution is -0.130. The molecule has 1 aromatic heterocycles. The molecular formula is C28H30FN3O3. The number of rotatable bonds is 9. The number of carbonyl (C=O) groups is 3. The van der Waals surface area contributed by atoms with Crippen LogP contribution in [0.25, 0.3) is 0 Å². The molecular weight excluding hydrogens is 445 g/mol. The average Bonchev–Trinajstić information content (AvgIpc) is 3.24. The molecule has 1 N–H and O–H groups in total. The van der Waals surface area contributed by atoms with Gasteiger partial charge in [-0.25, -0.2) is 9.18 Å².